The Bertz CT molecular complexity index is 611. The Hall–Kier alpha value is -2.41. The molecule has 2 rings (SSSR count). The summed E-state index contributed by atoms with van der Waals surface area (Å²) in [4.78, 5) is 12.4. The van der Waals surface area contributed by atoms with Gasteiger partial charge < -0.3 is 14.8 Å². The average molecular weight is 304 g/mol. The number of methoxy groups -OCH3 is 1. The van der Waals surface area contributed by atoms with Gasteiger partial charge in [0.25, 0.3) is 5.91 Å². The highest BCUT2D eigenvalue weighted by Gasteiger charge is 2.26. The lowest BCUT2D eigenvalue weighted by atomic mass is 10.0. The number of hydrogen-bond acceptors (Lipinski definition) is 5. The minimum absolute atomic E-state index is 0.204. The number of benzene rings is 1. The van der Waals surface area contributed by atoms with Gasteiger partial charge in [0, 0.05) is 12.7 Å². The number of aromatic amines is 1. The number of ether oxygens (including phenoxy) is 2. The second-order valence-corrected chi connectivity index (χ2v) is 5.30. The van der Waals surface area contributed by atoms with Gasteiger partial charge in [0.05, 0.1) is 18.3 Å². The molecule has 0 aliphatic heterocycles. The summed E-state index contributed by atoms with van der Waals surface area (Å²) >= 11 is 0. The van der Waals surface area contributed by atoms with E-state index in [0.717, 1.165) is 0 Å². The summed E-state index contributed by atoms with van der Waals surface area (Å²) in [7, 11) is 1.61. The highest BCUT2D eigenvalue weighted by molar-refractivity contribution is 5.95. The third-order valence-corrected chi connectivity index (χ3v) is 3.13. The number of amides is 1. The minimum Gasteiger partial charge on any atom is -0.491 e. The molecular formula is C15H20N4O3. The molecule has 0 aliphatic carbocycles. The van der Waals surface area contributed by atoms with Crippen LogP contribution in [0.2, 0.25) is 0 Å². The fourth-order valence-electron chi connectivity index (χ4n) is 1.89. The zero-order valence-corrected chi connectivity index (χ0v) is 12.9. The number of nitrogens with one attached hydrogen (secondary N) is 2. The maximum absolute atomic E-state index is 12.4. The van der Waals surface area contributed by atoms with Crippen LogP contribution in [0.5, 0.6) is 5.75 Å². The molecule has 2 N–H and O–H groups in total. The molecule has 118 valence electrons. The van der Waals surface area contributed by atoms with Crippen LogP contribution in [0, 0.1) is 0 Å². The largest absolute Gasteiger partial charge is 0.491 e. The summed E-state index contributed by atoms with van der Waals surface area (Å²) in [5.74, 6) is 0.425. The van der Waals surface area contributed by atoms with Crippen LogP contribution < -0.4 is 10.1 Å². The van der Waals surface area contributed by atoms with E-state index in [0.29, 0.717) is 30.2 Å². The molecule has 2 aromatic rings. The van der Waals surface area contributed by atoms with Crippen molar-refractivity contribution in [1.29, 1.82) is 0 Å². The van der Waals surface area contributed by atoms with Crippen LogP contribution in [0.1, 0.15) is 29.9 Å². The van der Waals surface area contributed by atoms with E-state index in [1.165, 1.54) is 0 Å². The number of H-pyrrole nitrogens is 1. The zero-order valence-electron chi connectivity index (χ0n) is 12.9. The van der Waals surface area contributed by atoms with Crippen molar-refractivity contribution in [2.75, 3.05) is 20.3 Å². The number of rotatable bonds is 7. The predicted molar refractivity (Wildman–Crippen MR) is 80.7 cm³/mol. The van der Waals surface area contributed by atoms with E-state index in [9.17, 15) is 4.79 Å². The third kappa shape index (κ3) is 4.05. The molecule has 0 bridgehead atoms. The van der Waals surface area contributed by atoms with Crippen LogP contribution >= 0.6 is 0 Å². The monoisotopic (exact) mass is 304 g/mol. The molecule has 22 heavy (non-hydrogen) atoms. The van der Waals surface area contributed by atoms with Gasteiger partial charge in [-0.1, -0.05) is 6.07 Å². The summed E-state index contributed by atoms with van der Waals surface area (Å²) in [6.45, 7) is 4.66. The topological polar surface area (TPSA) is 89.1 Å². The molecule has 0 aliphatic rings. The SMILES string of the molecule is COCCOc1cccc(C(=O)NC(C)(C)c2cn[nH]n2)c1. The first-order valence-electron chi connectivity index (χ1n) is 6.93. The minimum atomic E-state index is -0.628. The summed E-state index contributed by atoms with van der Waals surface area (Å²) in [6.07, 6.45) is 1.59. The van der Waals surface area contributed by atoms with Gasteiger partial charge in [-0.15, -0.1) is 0 Å². The molecule has 7 nitrogen and oxygen atoms in total. The highest BCUT2D eigenvalue weighted by Crippen LogP contribution is 2.18. The van der Waals surface area contributed by atoms with E-state index in [1.807, 2.05) is 13.8 Å². The van der Waals surface area contributed by atoms with Crippen molar-refractivity contribution in [2.45, 2.75) is 19.4 Å². The first kappa shape index (κ1) is 16.0. The zero-order chi connectivity index (χ0) is 16.0. The molecule has 1 amide bonds. The van der Waals surface area contributed by atoms with Gasteiger partial charge in [0.1, 0.15) is 18.1 Å². The Balaban J connectivity index is 2.05. The van der Waals surface area contributed by atoms with E-state index < -0.39 is 5.54 Å². The molecule has 0 spiro atoms. The Morgan fingerprint density at radius 1 is 1.36 bits per heavy atom. The number of carbonyl (C=O) groups excluding carboxylic acids is 1. The van der Waals surface area contributed by atoms with Crippen molar-refractivity contribution in [1.82, 2.24) is 20.7 Å². The van der Waals surface area contributed by atoms with Gasteiger partial charge in [-0.05, 0) is 32.0 Å². The molecule has 7 heteroatoms. The summed E-state index contributed by atoms with van der Waals surface area (Å²) < 4.78 is 10.4. The second kappa shape index (κ2) is 7.04. The number of aromatic nitrogens is 3. The highest BCUT2D eigenvalue weighted by atomic mass is 16.5. The molecule has 0 unspecified atom stereocenters. The quantitative estimate of drug-likeness (QED) is 0.757. The normalized spacial score (nSPS) is 11.2. The first-order valence-corrected chi connectivity index (χ1v) is 6.93. The van der Waals surface area contributed by atoms with E-state index in [1.54, 1.807) is 37.6 Å². The Labute approximate surface area is 129 Å². The van der Waals surface area contributed by atoms with Gasteiger partial charge in [-0.25, -0.2) is 0 Å². The molecule has 0 saturated carbocycles. The van der Waals surface area contributed by atoms with Crippen LogP contribution in [0.3, 0.4) is 0 Å². The van der Waals surface area contributed by atoms with Crippen molar-refractivity contribution in [3.05, 3.63) is 41.7 Å². The molecule has 1 heterocycles. The predicted octanol–water partition coefficient (Wildman–Crippen LogP) is 1.49. The second-order valence-electron chi connectivity index (χ2n) is 5.30. The fourth-order valence-corrected chi connectivity index (χ4v) is 1.89. The summed E-state index contributed by atoms with van der Waals surface area (Å²) in [6, 6.07) is 7.01. The number of hydrogen-bond donors (Lipinski definition) is 2. The Morgan fingerprint density at radius 3 is 2.86 bits per heavy atom. The maximum Gasteiger partial charge on any atom is 0.252 e. The lowest BCUT2D eigenvalue weighted by Crippen LogP contribution is -2.41. The third-order valence-electron chi connectivity index (χ3n) is 3.13. The summed E-state index contributed by atoms with van der Waals surface area (Å²) in [5.41, 5.74) is 0.552. The molecule has 1 aromatic heterocycles. The van der Waals surface area contributed by atoms with Crippen LogP contribution in [0.25, 0.3) is 0 Å². The average Bonchev–Trinajstić information content (AvgIpc) is 3.02. The number of nitrogens with zero attached hydrogens (tertiary/aromatic N) is 2. The smallest absolute Gasteiger partial charge is 0.252 e. The molecule has 1 aromatic carbocycles. The van der Waals surface area contributed by atoms with Crippen molar-refractivity contribution in [3.63, 3.8) is 0 Å². The summed E-state index contributed by atoms with van der Waals surface area (Å²) in [5, 5.41) is 13.2. The molecule has 0 atom stereocenters. The fraction of sp³-hybridized carbons (Fsp3) is 0.400. The first-order chi connectivity index (χ1) is 10.5. The van der Waals surface area contributed by atoms with Crippen molar-refractivity contribution < 1.29 is 14.3 Å². The van der Waals surface area contributed by atoms with Crippen LogP contribution in [-0.2, 0) is 10.3 Å². The molecule has 0 saturated heterocycles. The number of carbonyl (C=O) groups is 1. The molecular weight excluding hydrogens is 284 g/mol. The van der Waals surface area contributed by atoms with Crippen LogP contribution in [0.4, 0.5) is 0 Å². The van der Waals surface area contributed by atoms with Crippen molar-refractivity contribution in [3.8, 4) is 5.75 Å². The van der Waals surface area contributed by atoms with Crippen LogP contribution in [-0.4, -0.2) is 41.6 Å². The van der Waals surface area contributed by atoms with Gasteiger partial charge in [0.15, 0.2) is 0 Å². The van der Waals surface area contributed by atoms with E-state index in [2.05, 4.69) is 20.7 Å². The van der Waals surface area contributed by atoms with E-state index in [4.69, 9.17) is 9.47 Å². The lowest BCUT2D eigenvalue weighted by Gasteiger charge is -2.23. The van der Waals surface area contributed by atoms with Gasteiger partial charge >= 0.3 is 0 Å². The Kier molecular flexibility index (Phi) is 5.11. The molecule has 0 fully saturated rings. The standard InChI is InChI=1S/C15H20N4O3/c1-15(2,13-10-16-19-18-13)17-14(20)11-5-4-6-12(9-11)22-8-7-21-3/h4-6,9-10H,7-8H2,1-3H3,(H,17,20)(H,16,18,19). The maximum atomic E-state index is 12.4. The van der Waals surface area contributed by atoms with Crippen LogP contribution in [0.15, 0.2) is 30.5 Å². The van der Waals surface area contributed by atoms with Gasteiger partial charge in [-0.2, -0.15) is 15.4 Å². The van der Waals surface area contributed by atoms with Gasteiger partial charge in [-0.3, -0.25) is 4.79 Å². The lowest BCUT2D eigenvalue weighted by molar-refractivity contribution is 0.0909. The van der Waals surface area contributed by atoms with Crippen molar-refractivity contribution >= 4 is 5.91 Å². The Morgan fingerprint density at radius 2 is 2.18 bits per heavy atom. The van der Waals surface area contributed by atoms with Crippen molar-refractivity contribution in [2.24, 2.45) is 0 Å². The van der Waals surface area contributed by atoms with E-state index >= 15 is 0 Å². The van der Waals surface area contributed by atoms with E-state index in [-0.39, 0.29) is 5.91 Å². The molecule has 0 radical (unpaired) electrons. The van der Waals surface area contributed by atoms with Gasteiger partial charge in [0.2, 0.25) is 0 Å².